The molecule has 7 N–H and O–H groups in total. The minimum atomic E-state index is -5.27. The zero-order chi connectivity index (χ0) is 36.7. The van der Waals surface area contributed by atoms with Crippen molar-refractivity contribution < 1.29 is 52.4 Å². The molecular weight excluding hydrogens is 693 g/mol. The van der Waals surface area contributed by atoms with Crippen molar-refractivity contribution in [3.63, 3.8) is 0 Å². The zero-order valence-electron chi connectivity index (χ0n) is 28.2. The van der Waals surface area contributed by atoms with Crippen molar-refractivity contribution in [1.29, 1.82) is 0 Å². The molecule has 3 amide bonds. The molecule has 0 radical (unpaired) electrons. The second-order valence-electron chi connectivity index (χ2n) is 12.4. The van der Waals surface area contributed by atoms with E-state index in [2.05, 4.69) is 25.5 Å². The van der Waals surface area contributed by atoms with Crippen LogP contribution in [0, 0.1) is 5.92 Å². The molecule has 2 heterocycles. The lowest BCUT2D eigenvalue weighted by Crippen LogP contribution is -2.56. The van der Waals surface area contributed by atoms with Crippen LogP contribution in [0.3, 0.4) is 0 Å². The van der Waals surface area contributed by atoms with Crippen molar-refractivity contribution in [1.82, 2.24) is 30.8 Å². The van der Waals surface area contributed by atoms with E-state index in [1.54, 1.807) is 5.32 Å². The largest absolute Gasteiger partial charge is 0.480 e. The first kappa shape index (κ1) is 41.4. The van der Waals surface area contributed by atoms with E-state index in [0.29, 0.717) is 52.1 Å². The normalized spacial score (nSPS) is 16.4. The van der Waals surface area contributed by atoms with Crippen molar-refractivity contribution in [2.24, 2.45) is 5.92 Å². The smallest absolute Gasteiger partial charge is 0.410 e. The quantitative estimate of drug-likeness (QED) is 0.0939. The lowest BCUT2D eigenvalue weighted by atomic mass is 9.73. The summed E-state index contributed by atoms with van der Waals surface area (Å²) in [5.41, 5.74) is -1.64. The van der Waals surface area contributed by atoms with Gasteiger partial charge in [-0.1, -0.05) is 44.2 Å². The number of nitrogens with one attached hydrogen (secondary N) is 3. The van der Waals surface area contributed by atoms with Gasteiger partial charge >= 0.3 is 22.3 Å². The molecule has 276 valence electrons. The zero-order valence-corrected chi connectivity index (χ0v) is 30.0. The van der Waals surface area contributed by atoms with Gasteiger partial charge in [-0.25, -0.2) is 4.98 Å². The number of carbonyl (C=O) groups excluding carboxylic acids is 3. The van der Waals surface area contributed by atoms with E-state index in [4.69, 9.17) is 9.31 Å². The minimum Gasteiger partial charge on any atom is -0.410 e. The van der Waals surface area contributed by atoms with E-state index in [1.165, 1.54) is 18.6 Å². The predicted octanol–water partition coefficient (Wildman–Crippen LogP) is 1.04. The molecule has 0 aliphatic carbocycles. The molecule has 50 heavy (non-hydrogen) atoms. The summed E-state index contributed by atoms with van der Waals surface area (Å²) < 4.78 is 35.2. The van der Waals surface area contributed by atoms with Crippen LogP contribution in [-0.4, -0.2) is 110 Å². The molecular formula is C30H47BN6O11P2. The van der Waals surface area contributed by atoms with E-state index >= 15 is 0 Å². The van der Waals surface area contributed by atoms with E-state index in [9.17, 15) is 43.1 Å². The third-order valence-electron chi connectivity index (χ3n) is 7.69. The summed E-state index contributed by atoms with van der Waals surface area (Å²) in [6, 6.07) is 8.41. The van der Waals surface area contributed by atoms with Crippen LogP contribution in [-0.2, 0) is 34.4 Å². The first-order valence-corrected chi connectivity index (χ1v) is 19.8. The molecule has 0 bridgehead atoms. The number of hydrogen-bond donors (Lipinski definition) is 7. The molecule has 17 nitrogen and oxygen atoms in total. The maximum atomic E-state index is 13.8. The van der Waals surface area contributed by atoms with Crippen molar-refractivity contribution >= 4 is 40.0 Å². The molecule has 1 saturated heterocycles. The average Bonchev–Trinajstić information content (AvgIpc) is 3.05. The summed E-state index contributed by atoms with van der Waals surface area (Å²) in [5.74, 6) is -2.15. The van der Waals surface area contributed by atoms with E-state index in [1.807, 2.05) is 44.2 Å². The second kappa shape index (κ2) is 20.1. The molecule has 1 aliphatic heterocycles. The fraction of sp³-hybridized carbons (Fsp3) is 0.567. The highest BCUT2D eigenvalue weighted by molar-refractivity contribution is 7.70. The molecule has 2 aromatic rings. The van der Waals surface area contributed by atoms with Gasteiger partial charge in [0.25, 0.3) is 5.91 Å². The van der Waals surface area contributed by atoms with Crippen LogP contribution >= 0.6 is 15.2 Å². The molecule has 2 atom stereocenters. The lowest BCUT2D eigenvalue weighted by Gasteiger charge is -2.30. The van der Waals surface area contributed by atoms with Gasteiger partial charge < -0.3 is 49.7 Å². The highest BCUT2D eigenvalue weighted by atomic mass is 31.2. The van der Waals surface area contributed by atoms with Crippen LogP contribution in [0.2, 0.25) is 0 Å². The van der Waals surface area contributed by atoms with Crippen LogP contribution in [0.4, 0.5) is 0 Å². The van der Waals surface area contributed by atoms with E-state index in [-0.39, 0.29) is 30.9 Å². The average molecular weight is 740 g/mol. The number of carbonyl (C=O) groups is 3. The Bertz CT molecular complexity index is 1430. The summed E-state index contributed by atoms with van der Waals surface area (Å²) in [4.78, 5) is 85.9. The monoisotopic (exact) mass is 740 g/mol. The maximum Gasteiger partial charge on any atom is 0.480 e. The van der Waals surface area contributed by atoms with Crippen LogP contribution < -0.4 is 16.0 Å². The van der Waals surface area contributed by atoms with Gasteiger partial charge in [-0.2, -0.15) is 0 Å². The Balaban J connectivity index is 1.58. The Morgan fingerprint density at radius 2 is 1.58 bits per heavy atom. The molecule has 1 fully saturated rings. The maximum absolute atomic E-state index is 13.8. The first-order valence-electron chi connectivity index (χ1n) is 16.4. The molecule has 1 aromatic heterocycles. The molecule has 20 heteroatoms. The van der Waals surface area contributed by atoms with Crippen molar-refractivity contribution in [3.05, 3.63) is 60.2 Å². The number of amides is 3. The Morgan fingerprint density at radius 1 is 0.940 bits per heavy atom. The van der Waals surface area contributed by atoms with Crippen LogP contribution in [0.15, 0.2) is 48.9 Å². The molecule has 0 saturated carbocycles. The molecule has 1 aliphatic rings. The third kappa shape index (κ3) is 14.7. The van der Waals surface area contributed by atoms with Gasteiger partial charge in [0.15, 0.2) is 0 Å². The summed E-state index contributed by atoms with van der Waals surface area (Å²) in [6.45, 7) is 6.31. The number of aromatic nitrogens is 2. The Kier molecular flexibility index (Phi) is 16.6. The summed E-state index contributed by atoms with van der Waals surface area (Å²) in [7, 11) is -11.3. The van der Waals surface area contributed by atoms with Gasteiger partial charge in [0.05, 0.1) is 12.1 Å². The Hall–Kier alpha value is -3.05. The Morgan fingerprint density at radius 3 is 2.14 bits per heavy atom. The fourth-order valence-electron chi connectivity index (χ4n) is 5.37. The lowest BCUT2D eigenvalue weighted by molar-refractivity contribution is -0.123. The molecule has 1 aromatic carbocycles. The van der Waals surface area contributed by atoms with E-state index < -0.39 is 57.5 Å². The third-order valence-corrected chi connectivity index (χ3v) is 11.0. The molecule has 0 spiro atoms. The highest BCUT2D eigenvalue weighted by Crippen LogP contribution is 2.58. The second-order valence-corrected chi connectivity index (χ2v) is 16.2. The molecule has 3 rings (SSSR count). The van der Waals surface area contributed by atoms with Crippen LogP contribution in [0.5, 0.6) is 0 Å². The SMILES string of the molecule is CC(C)CC(NC(=O)[C@@H](Cc1ccccc1)NC(=O)c1cnccn1)B1OCCCN(CCCC(=O)NC(P(=O)(O)O)P(=O)(O)O)CCCO1. The van der Waals surface area contributed by atoms with Gasteiger partial charge in [-0.05, 0) is 43.7 Å². The first-order chi connectivity index (χ1) is 23.6. The summed E-state index contributed by atoms with van der Waals surface area (Å²) in [5, 5.41) is 7.65. The van der Waals surface area contributed by atoms with Crippen LogP contribution in [0.1, 0.15) is 62.0 Å². The summed E-state index contributed by atoms with van der Waals surface area (Å²) in [6.07, 6.45) is 6.25. The number of rotatable bonds is 16. The number of nitrogens with zero attached hydrogens (tertiary/aromatic N) is 3. The number of benzene rings is 1. The van der Waals surface area contributed by atoms with Gasteiger partial charge in [0.2, 0.25) is 17.3 Å². The van der Waals surface area contributed by atoms with Gasteiger partial charge in [-0.15, -0.1) is 0 Å². The highest BCUT2D eigenvalue weighted by Gasteiger charge is 2.44. The Labute approximate surface area is 291 Å². The van der Waals surface area contributed by atoms with Gasteiger partial charge in [-0.3, -0.25) is 28.5 Å². The van der Waals surface area contributed by atoms with Crippen molar-refractivity contribution in [2.45, 2.75) is 69.9 Å². The van der Waals surface area contributed by atoms with Crippen LogP contribution in [0.25, 0.3) is 0 Å². The minimum absolute atomic E-state index is 0.0850. The number of hydrogen-bond acceptors (Lipinski definition) is 10. The summed E-state index contributed by atoms with van der Waals surface area (Å²) >= 11 is 0. The van der Waals surface area contributed by atoms with Crippen molar-refractivity contribution in [3.8, 4) is 0 Å². The van der Waals surface area contributed by atoms with Gasteiger partial charge in [0.1, 0.15) is 11.7 Å². The topological polar surface area (TPSA) is 250 Å². The predicted molar refractivity (Wildman–Crippen MR) is 183 cm³/mol. The van der Waals surface area contributed by atoms with E-state index in [0.717, 1.165) is 5.56 Å². The van der Waals surface area contributed by atoms with Gasteiger partial charge in [0, 0.05) is 51.5 Å². The van der Waals surface area contributed by atoms with Crippen molar-refractivity contribution in [2.75, 3.05) is 32.8 Å². The molecule has 1 unspecified atom stereocenters. The standard InChI is InChI=1S/C30H47BN6O11P2/c1-22(2)19-26(35-28(39)24(20-23-9-4-3-5-10-23)34-29(40)25-21-32-12-13-33-25)31-47-17-7-15-37(16-8-18-48-31)14-6-11-27(38)36-30(49(41,42)43)50(44,45)46/h3-5,9-10,12-13,21-22,24,26,30H,6-8,11,14-20H2,1-2H3,(H,34,40)(H,35,39)(H,36,38)(H2,41,42,43)(H2,44,45,46)/t24-,26?/m1/s1. The fourth-order valence-corrected chi connectivity index (χ4v) is 7.56.